The van der Waals surface area contributed by atoms with Crippen molar-refractivity contribution in [3.8, 4) is 5.75 Å². The zero-order valence-electron chi connectivity index (χ0n) is 15.8. The zero-order chi connectivity index (χ0) is 19.8. The molecule has 2 aromatic carbocycles. The Bertz CT molecular complexity index is 820. The summed E-state index contributed by atoms with van der Waals surface area (Å²) in [6.45, 7) is 5.89. The summed E-state index contributed by atoms with van der Waals surface area (Å²) in [4.78, 5) is 23.7. The Morgan fingerprint density at radius 2 is 1.85 bits per heavy atom. The molecule has 0 fully saturated rings. The third-order valence-electron chi connectivity index (χ3n) is 4.16. The molecule has 6 heteroatoms. The zero-order valence-corrected chi connectivity index (χ0v) is 16.6. The van der Waals surface area contributed by atoms with Crippen molar-refractivity contribution in [1.29, 1.82) is 0 Å². The molecule has 2 aromatic rings. The number of esters is 1. The Morgan fingerprint density at radius 1 is 1.07 bits per heavy atom. The molecule has 0 saturated heterocycles. The van der Waals surface area contributed by atoms with Crippen LogP contribution in [0, 0.1) is 20.8 Å². The van der Waals surface area contributed by atoms with Gasteiger partial charge in [-0.15, -0.1) is 0 Å². The summed E-state index contributed by atoms with van der Waals surface area (Å²) in [7, 11) is 0. The maximum Gasteiger partial charge on any atom is 0.306 e. The maximum absolute atomic E-state index is 11.9. The van der Waals surface area contributed by atoms with Gasteiger partial charge in [0.2, 0.25) is 0 Å². The van der Waals surface area contributed by atoms with E-state index in [0.29, 0.717) is 18.1 Å². The molecular weight excluding hydrogens is 366 g/mol. The summed E-state index contributed by atoms with van der Waals surface area (Å²) in [5, 5.41) is 3.41. The highest BCUT2D eigenvalue weighted by Crippen LogP contribution is 2.22. The fourth-order valence-electron chi connectivity index (χ4n) is 2.46. The van der Waals surface area contributed by atoms with Crippen LogP contribution in [0.2, 0.25) is 5.02 Å². The minimum Gasteiger partial charge on any atom is -0.493 e. The average Bonchev–Trinajstić information content (AvgIpc) is 2.62. The Kier molecular flexibility index (Phi) is 7.67. The van der Waals surface area contributed by atoms with Crippen molar-refractivity contribution in [2.75, 3.05) is 18.5 Å². The van der Waals surface area contributed by atoms with Crippen molar-refractivity contribution >= 4 is 29.2 Å². The van der Waals surface area contributed by atoms with Crippen molar-refractivity contribution < 1.29 is 19.1 Å². The van der Waals surface area contributed by atoms with Crippen LogP contribution in [0.1, 0.15) is 29.5 Å². The normalized spacial score (nSPS) is 10.4. The van der Waals surface area contributed by atoms with E-state index in [-0.39, 0.29) is 18.9 Å². The Hall–Kier alpha value is -2.53. The predicted molar refractivity (Wildman–Crippen MR) is 106 cm³/mol. The molecule has 1 N–H and O–H groups in total. The SMILES string of the molecule is Cc1cc(Cl)ccc1OCCCC(=O)OCC(=O)Nc1cccc(C)c1C. The number of carbonyl (C=O) groups excluding carboxylic acids is 2. The van der Waals surface area contributed by atoms with Crippen LogP contribution in [0.3, 0.4) is 0 Å². The monoisotopic (exact) mass is 389 g/mol. The largest absolute Gasteiger partial charge is 0.493 e. The molecule has 144 valence electrons. The summed E-state index contributed by atoms with van der Waals surface area (Å²) in [6, 6.07) is 11.0. The number of aryl methyl sites for hydroxylation is 2. The number of nitrogens with one attached hydrogen (secondary N) is 1. The van der Waals surface area contributed by atoms with E-state index in [1.165, 1.54) is 0 Å². The van der Waals surface area contributed by atoms with Crippen LogP contribution in [0.4, 0.5) is 5.69 Å². The van der Waals surface area contributed by atoms with Gasteiger partial charge in [-0.05, 0) is 68.1 Å². The topological polar surface area (TPSA) is 64.6 Å². The number of halogens is 1. The lowest BCUT2D eigenvalue weighted by atomic mass is 10.1. The van der Waals surface area contributed by atoms with Crippen molar-refractivity contribution in [3.63, 3.8) is 0 Å². The molecule has 0 aliphatic rings. The second-order valence-corrected chi connectivity index (χ2v) is 6.75. The van der Waals surface area contributed by atoms with Crippen LogP contribution in [0.25, 0.3) is 0 Å². The average molecular weight is 390 g/mol. The van der Waals surface area contributed by atoms with Crippen LogP contribution in [-0.2, 0) is 14.3 Å². The number of hydrogen-bond acceptors (Lipinski definition) is 4. The van der Waals surface area contributed by atoms with Crippen LogP contribution in [0.5, 0.6) is 5.75 Å². The number of amides is 1. The highest BCUT2D eigenvalue weighted by atomic mass is 35.5. The second-order valence-electron chi connectivity index (χ2n) is 6.32. The number of anilines is 1. The van der Waals surface area contributed by atoms with Crippen LogP contribution in [0.15, 0.2) is 36.4 Å². The molecule has 0 aliphatic heterocycles. The van der Waals surface area contributed by atoms with E-state index in [4.69, 9.17) is 21.1 Å². The van der Waals surface area contributed by atoms with Gasteiger partial charge in [0.25, 0.3) is 5.91 Å². The molecule has 2 rings (SSSR count). The van der Waals surface area contributed by atoms with E-state index >= 15 is 0 Å². The highest BCUT2D eigenvalue weighted by Gasteiger charge is 2.10. The Morgan fingerprint density at radius 3 is 2.59 bits per heavy atom. The van der Waals surface area contributed by atoms with Crippen LogP contribution < -0.4 is 10.1 Å². The van der Waals surface area contributed by atoms with Gasteiger partial charge >= 0.3 is 5.97 Å². The molecule has 5 nitrogen and oxygen atoms in total. The van der Waals surface area contributed by atoms with Crippen molar-refractivity contribution in [2.45, 2.75) is 33.6 Å². The molecule has 0 aliphatic carbocycles. The fraction of sp³-hybridized carbons (Fsp3) is 0.333. The number of hydrogen-bond donors (Lipinski definition) is 1. The van der Waals surface area contributed by atoms with Gasteiger partial charge in [-0.2, -0.15) is 0 Å². The van der Waals surface area contributed by atoms with Gasteiger partial charge in [-0.1, -0.05) is 23.7 Å². The summed E-state index contributed by atoms with van der Waals surface area (Å²) in [5.74, 6) is -0.0479. The van der Waals surface area contributed by atoms with Crippen LogP contribution in [-0.4, -0.2) is 25.1 Å². The lowest BCUT2D eigenvalue weighted by molar-refractivity contribution is -0.147. The number of benzene rings is 2. The van der Waals surface area contributed by atoms with Gasteiger partial charge in [0.15, 0.2) is 6.61 Å². The van der Waals surface area contributed by atoms with Crippen molar-refractivity contribution in [1.82, 2.24) is 0 Å². The lowest BCUT2D eigenvalue weighted by Crippen LogP contribution is -2.21. The smallest absolute Gasteiger partial charge is 0.306 e. The summed E-state index contributed by atoms with van der Waals surface area (Å²) < 4.78 is 10.6. The molecule has 0 radical (unpaired) electrons. The van der Waals surface area contributed by atoms with Gasteiger partial charge in [0.1, 0.15) is 5.75 Å². The molecular formula is C21H24ClNO4. The maximum atomic E-state index is 11.9. The quantitative estimate of drug-likeness (QED) is 0.529. The van der Waals surface area contributed by atoms with E-state index in [0.717, 1.165) is 28.1 Å². The fourth-order valence-corrected chi connectivity index (χ4v) is 2.69. The molecule has 0 spiro atoms. The first-order valence-corrected chi connectivity index (χ1v) is 9.15. The van der Waals surface area contributed by atoms with Gasteiger partial charge in [-0.25, -0.2) is 0 Å². The third-order valence-corrected chi connectivity index (χ3v) is 4.40. The summed E-state index contributed by atoms with van der Waals surface area (Å²) in [5.41, 5.74) is 3.74. The number of rotatable bonds is 8. The number of ether oxygens (including phenoxy) is 2. The highest BCUT2D eigenvalue weighted by molar-refractivity contribution is 6.30. The first-order chi connectivity index (χ1) is 12.9. The Labute approximate surface area is 164 Å². The van der Waals surface area contributed by atoms with E-state index in [2.05, 4.69) is 5.32 Å². The van der Waals surface area contributed by atoms with Gasteiger partial charge in [0.05, 0.1) is 6.61 Å². The molecule has 0 atom stereocenters. The van der Waals surface area contributed by atoms with Gasteiger partial charge in [0, 0.05) is 17.1 Å². The predicted octanol–water partition coefficient (Wildman–Crippen LogP) is 4.61. The van der Waals surface area contributed by atoms with E-state index < -0.39 is 5.97 Å². The summed E-state index contributed by atoms with van der Waals surface area (Å²) >= 11 is 5.90. The molecule has 0 saturated carbocycles. The minimum atomic E-state index is -0.428. The van der Waals surface area contributed by atoms with Crippen molar-refractivity contribution in [3.05, 3.63) is 58.1 Å². The molecule has 0 bridgehead atoms. The molecule has 0 aromatic heterocycles. The first-order valence-electron chi connectivity index (χ1n) is 8.77. The number of carbonyl (C=O) groups is 2. The first kappa shape index (κ1) is 20.8. The van der Waals surface area contributed by atoms with Gasteiger partial charge in [-0.3, -0.25) is 9.59 Å². The molecule has 0 heterocycles. The Balaban J connectivity index is 1.67. The molecule has 1 amide bonds. The molecule has 0 unspecified atom stereocenters. The minimum absolute atomic E-state index is 0.184. The van der Waals surface area contributed by atoms with Gasteiger partial charge < -0.3 is 14.8 Å². The summed E-state index contributed by atoms with van der Waals surface area (Å²) in [6.07, 6.45) is 0.683. The second kappa shape index (κ2) is 9.97. The van der Waals surface area contributed by atoms with E-state index in [9.17, 15) is 9.59 Å². The third kappa shape index (κ3) is 6.61. The molecule has 27 heavy (non-hydrogen) atoms. The van der Waals surface area contributed by atoms with E-state index in [1.807, 2.05) is 45.0 Å². The van der Waals surface area contributed by atoms with E-state index in [1.54, 1.807) is 12.1 Å². The van der Waals surface area contributed by atoms with Crippen molar-refractivity contribution in [2.24, 2.45) is 0 Å². The van der Waals surface area contributed by atoms with Crippen LogP contribution >= 0.6 is 11.6 Å². The standard InChI is InChI=1S/C21H24ClNO4/c1-14-6-4-7-18(16(14)3)23-20(24)13-27-21(25)8-5-11-26-19-10-9-17(22)12-15(19)2/h4,6-7,9-10,12H,5,8,11,13H2,1-3H3,(H,23,24). The lowest BCUT2D eigenvalue weighted by Gasteiger charge is -2.11.